The highest BCUT2D eigenvalue weighted by Gasteiger charge is 2.38. The molecule has 2 fully saturated rings. The molecule has 8 heteroatoms. The number of sulfonamides is 1. The summed E-state index contributed by atoms with van der Waals surface area (Å²) < 4.78 is 52.1. The Bertz CT molecular complexity index is 745. The summed E-state index contributed by atoms with van der Waals surface area (Å²) in [6.45, 7) is 2.33. The first-order chi connectivity index (χ1) is 11.8. The molecule has 2 unspecified atom stereocenters. The van der Waals surface area contributed by atoms with Gasteiger partial charge in [-0.25, -0.2) is 17.2 Å². The van der Waals surface area contributed by atoms with Crippen molar-refractivity contribution in [3.05, 3.63) is 35.4 Å². The molecule has 0 aromatic heterocycles. The predicted octanol–water partition coefficient (Wildman–Crippen LogP) is 2.00. The summed E-state index contributed by atoms with van der Waals surface area (Å²) in [6, 6.07) is 2.79. The van der Waals surface area contributed by atoms with Crippen LogP contribution in [0.15, 0.2) is 18.2 Å². The number of carbonyl (C=O) groups is 1. The molecule has 1 N–H and O–H groups in total. The Kier molecular flexibility index (Phi) is 5.11. The van der Waals surface area contributed by atoms with Crippen molar-refractivity contribution in [3.8, 4) is 0 Å². The van der Waals surface area contributed by atoms with E-state index < -0.39 is 27.6 Å². The van der Waals surface area contributed by atoms with Gasteiger partial charge in [-0.15, -0.1) is 0 Å². The molecule has 0 spiro atoms. The van der Waals surface area contributed by atoms with Gasteiger partial charge in [0.25, 0.3) is 0 Å². The van der Waals surface area contributed by atoms with E-state index in [1.165, 1.54) is 4.31 Å². The molecule has 1 heterocycles. The molecule has 3 rings (SSSR count). The van der Waals surface area contributed by atoms with Gasteiger partial charge in [0.2, 0.25) is 15.9 Å². The predicted molar refractivity (Wildman–Crippen MR) is 89.4 cm³/mol. The Balaban J connectivity index is 1.68. The summed E-state index contributed by atoms with van der Waals surface area (Å²) in [5, 5.41) is 2.89. The zero-order valence-electron chi connectivity index (χ0n) is 14.0. The van der Waals surface area contributed by atoms with E-state index in [2.05, 4.69) is 5.32 Å². The van der Waals surface area contributed by atoms with E-state index >= 15 is 0 Å². The maximum Gasteiger partial charge on any atom is 0.227 e. The summed E-state index contributed by atoms with van der Waals surface area (Å²) in [5.74, 6) is -2.11. The SMILES string of the molecule is CC(C(=O)NC(CN1CCCS1(=O)=O)C1CC1)c1cc(F)cc(F)c1. The van der Waals surface area contributed by atoms with Gasteiger partial charge >= 0.3 is 0 Å². The normalized spacial score (nSPS) is 22.5. The fourth-order valence-electron chi connectivity index (χ4n) is 3.21. The second-order valence-electron chi connectivity index (χ2n) is 6.90. The van der Waals surface area contributed by atoms with Crippen LogP contribution in [-0.4, -0.2) is 43.5 Å². The highest BCUT2D eigenvalue weighted by atomic mass is 32.2. The van der Waals surface area contributed by atoms with Crippen molar-refractivity contribution in [2.75, 3.05) is 18.8 Å². The average Bonchev–Trinajstić information content (AvgIpc) is 3.30. The van der Waals surface area contributed by atoms with Crippen molar-refractivity contribution >= 4 is 15.9 Å². The molecular formula is C17H22F2N2O3S. The first kappa shape index (κ1) is 18.3. The minimum Gasteiger partial charge on any atom is -0.351 e. The Labute approximate surface area is 146 Å². The number of hydrogen-bond acceptors (Lipinski definition) is 3. The van der Waals surface area contributed by atoms with E-state index in [1.807, 2.05) is 0 Å². The Hall–Kier alpha value is -1.54. The van der Waals surface area contributed by atoms with E-state index in [-0.39, 0.29) is 35.7 Å². The summed E-state index contributed by atoms with van der Waals surface area (Å²) in [4.78, 5) is 12.5. The van der Waals surface area contributed by atoms with Crippen LogP contribution in [0.25, 0.3) is 0 Å². The van der Waals surface area contributed by atoms with Gasteiger partial charge < -0.3 is 5.32 Å². The zero-order chi connectivity index (χ0) is 18.2. The van der Waals surface area contributed by atoms with Gasteiger partial charge in [0.05, 0.1) is 11.7 Å². The lowest BCUT2D eigenvalue weighted by Gasteiger charge is -2.25. The highest BCUT2D eigenvalue weighted by molar-refractivity contribution is 7.89. The number of nitrogens with zero attached hydrogens (tertiary/aromatic N) is 1. The number of halogens is 2. The third-order valence-corrected chi connectivity index (χ3v) is 6.82. The van der Waals surface area contributed by atoms with Crippen LogP contribution in [0.2, 0.25) is 0 Å². The Morgan fingerprint density at radius 3 is 2.44 bits per heavy atom. The molecule has 0 radical (unpaired) electrons. The third kappa shape index (κ3) is 4.36. The zero-order valence-corrected chi connectivity index (χ0v) is 14.9. The first-order valence-electron chi connectivity index (χ1n) is 8.50. The van der Waals surface area contributed by atoms with Crippen LogP contribution in [0.1, 0.15) is 37.7 Å². The molecule has 1 amide bonds. The molecule has 1 aromatic carbocycles. The van der Waals surface area contributed by atoms with Gasteiger partial charge in [-0.1, -0.05) is 0 Å². The fourth-order valence-corrected chi connectivity index (χ4v) is 4.76. The maximum absolute atomic E-state index is 13.4. The lowest BCUT2D eigenvalue weighted by Crippen LogP contribution is -2.46. The second kappa shape index (κ2) is 6.99. The maximum atomic E-state index is 13.4. The minimum atomic E-state index is -3.22. The molecule has 138 valence electrons. The lowest BCUT2D eigenvalue weighted by molar-refractivity contribution is -0.123. The fraction of sp³-hybridized carbons (Fsp3) is 0.588. The molecule has 1 saturated carbocycles. The van der Waals surface area contributed by atoms with Gasteiger partial charge in [0, 0.05) is 25.2 Å². The number of nitrogens with one attached hydrogen (secondary N) is 1. The molecule has 1 aliphatic heterocycles. The van der Waals surface area contributed by atoms with E-state index in [0.717, 1.165) is 31.0 Å². The smallest absolute Gasteiger partial charge is 0.227 e. The van der Waals surface area contributed by atoms with E-state index in [0.29, 0.717) is 13.0 Å². The monoisotopic (exact) mass is 372 g/mol. The summed E-state index contributed by atoms with van der Waals surface area (Å²) in [6.07, 6.45) is 2.50. The Morgan fingerprint density at radius 2 is 1.92 bits per heavy atom. The van der Waals surface area contributed by atoms with Crippen molar-refractivity contribution in [3.63, 3.8) is 0 Å². The van der Waals surface area contributed by atoms with Gasteiger partial charge in [-0.05, 0) is 49.8 Å². The topological polar surface area (TPSA) is 66.5 Å². The van der Waals surface area contributed by atoms with Crippen molar-refractivity contribution in [2.45, 2.75) is 38.1 Å². The molecule has 1 aliphatic carbocycles. The van der Waals surface area contributed by atoms with Crippen LogP contribution in [0, 0.1) is 17.6 Å². The number of rotatable bonds is 6. The molecule has 1 aromatic rings. The lowest BCUT2D eigenvalue weighted by atomic mass is 9.99. The molecule has 5 nitrogen and oxygen atoms in total. The Morgan fingerprint density at radius 1 is 1.28 bits per heavy atom. The minimum absolute atomic E-state index is 0.150. The number of hydrogen-bond donors (Lipinski definition) is 1. The molecular weight excluding hydrogens is 350 g/mol. The molecule has 2 aliphatic rings. The van der Waals surface area contributed by atoms with Crippen LogP contribution < -0.4 is 5.32 Å². The number of carbonyl (C=O) groups excluding carboxylic acids is 1. The van der Waals surface area contributed by atoms with Crippen LogP contribution in [-0.2, 0) is 14.8 Å². The molecule has 25 heavy (non-hydrogen) atoms. The van der Waals surface area contributed by atoms with Crippen LogP contribution in [0.3, 0.4) is 0 Å². The van der Waals surface area contributed by atoms with Crippen molar-refractivity contribution in [1.82, 2.24) is 9.62 Å². The average molecular weight is 372 g/mol. The van der Waals surface area contributed by atoms with Crippen LogP contribution in [0.4, 0.5) is 8.78 Å². The van der Waals surface area contributed by atoms with Gasteiger partial charge in [0.1, 0.15) is 11.6 Å². The van der Waals surface area contributed by atoms with Crippen LogP contribution in [0.5, 0.6) is 0 Å². The molecule has 2 atom stereocenters. The van der Waals surface area contributed by atoms with E-state index in [1.54, 1.807) is 6.92 Å². The summed E-state index contributed by atoms with van der Waals surface area (Å²) in [5.41, 5.74) is 0.262. The first-order valence-corrected chi connectivity index (χ1v) is 10.1. The van der Waals surface area contributed by atoms with E-state index in [9.17, 15) is 22.0 Å². The van der Waals surface area contributed by atoms with Crippen molar-refractivity contribution in [1.29, 1.82) is 0 Å². The number of amides is 1. The highest BCUT2D eigenvalue weighted by Crippen LogP contribution is 2.34. The summed E-state index contributed by atoms with van der Waals surface area (Å²) >= 11 is 0. The summed E-state index contributed by atoms with van der Waals surface area (Å²) in [7, 11) is -3.22. The van der Waals surface area contributed by atoms with Gasteiger partial charge in [-0.3, -0.25) is 4.79 Å². The van der Waals surface area contributed by atoms with Gasteiger partial charge in [0.15, 0.2) is 0 Å². The largest absolute Gasteiger partial charge is 0.351 e. The van der Waals surface area contributed by atoms with E-state index in [4.69, 9.17) is 0 Å². The quantitative estimate of drug-likeness (QED) is 0.831. The van der Waals surface area contributed by atoms with Crippen molar-refractivity contribution < 1.29 is 22.0 Å². The number of benzene rings is 1. The second-order valence-corrected chi connectivity index (χ2v) is 8.99. The van der Waals surface area contributed by atoms with Crippen molar-refractivity contribution in [2.24, 2.45) is 5.92 Å². The van der Waals surface area contributed by atoms with Crippen LogP contribution >= 0.6 is 0 Å². The molecule has 0 bridgehead atoms. The van der Waals surface area contributed by atoms with Gasteiger partial charge in [-0.2, -0.15) is 4.31 Å². The standard InChI is InChI=1S/C17H22F2N2O3S/c1-11(13-7-14(18)9-15(19)8-13)17(22)20-16(12-3-4-12)10-21-5-2-6-25(21,23)24/h7-9,11-12,16H,2-6,10H2,1H3,(H,20,22). The third-order valence-electron chi connectivity index (χ3n) is 4.90. The molecule has 1 saturated heterocycles.